The molecule has 1 aliphatic rings. The van der Waals surface area contributed by atoms with E-state index in [0.717, 1.165) is 12.5 Å². The number of oxazole rings is 1. The van der Waals surface area contributed by atoms with E-state index in [1.807, 2.05) is 11.9 Å². The molecule has 1 fully saturated rings. The first kappa shape index (κ1) is 13.9. The Kier molecular flexibility index (Phi) is 4.79. The summed E-state index contributed by atoms with van der Waals surface area (Å²) in [5.74, 6) is 0.304. The summed E-state index contributed by atoms with van der Waals surface area (Å²) in [6.45, 7) is 4.22. The summed E-state index contributed by atoms with van der Waals surface area (Å²) < 4.78 is 15.6. The van der Waals surface area contributed by atoms with Gasteiger partial charge < -0.3 is 18.8 Å². The average molecular weight is 268 g/mol. The number of hydrogen-bond donors (Lipinski definition) is 0. The molecule has 1 saturated carbocycles. The van der Waals surface area contributed by atoms with Crippen molar-refractivity contribution in [3.05, 3.63) is 12.0 Å². The van der Waals surface area contributed by atoms with E-state index in [-0.39, 0.29) is 5.69 Å². The van der Waals surface area contributed by atoms with Crippen molar-refractivity contribution in [2.24, 2.45) is 5.92 Å². The van der Waals surface area contributed by atoms with Gasteiger partial charge in [-0.05, 0) is 25.7 Å². The topological polar surface area (TPSA) is 64.8 Å². The van der Waals surface area contributed by atoms with E-state index in [1.54, 1.807) is 6.92 Å². The minimum Gasteiger partial charge on any atom is -0.461 e. The maximum Gasteiger partial charge on any atom is 0.360 e. The third kappa shape index (κ3) is 4.24. The number of likely N-dealkylation sites (N-methyl/N-ethyl adjacent to an activating group) is 1. The molecule has 1 aliphatic carbocycles. The van der Waals surface area contributed by atoms with Crippen LogP contribution in [0.25, 0.3) is 0 Å². The normalized spacial score (nSPS) is 14.4. The second-order valence-electron chi connectivity index (χ2n) is 4.68. The quantitative estimate of drug-likeness (QED) is 0.528. The van der Waals surface area contributed by atoms with Gasteiger partial charge in [-0.1, -0.05) is 0 Å². The van der Waals surface area contributed by atoms with Crippen LogP contribution in [-0.2, 0) is 9.47 Å². The standard InChI is InChI=1S/C13H20N2O4/c1-3-18-12(16)11-9-19-13(14-11)15(2)6-7-17-8-10-4-5-10/h9-10H,3-8H2,1-2H3. The number of esters is 1. The average Bonchev–Trinajstić information content (AvgIpc) is 3.08. The molecule has 0 saturated heterocycles. The molecule has 0 N–H and O–H groups in total. The fourth-order valence-corrected chi connectivity index (χ4v) is 1.57. The van der Waals surface area contributed by atoms with E-state index >= 15 is 0 Å². The molecule has 2 rings (SSSR count). The molecule has 6 nitrogen and oxygen atoms in total. The SMILES string of the molecule is CCOC(=O)c1coc(N(C)CCOCC2CC2)n1. The lowest BCUT2D eigenvalue weighted by molar-refractivity contribution is 0.0519. The first-order valence-electron chi connectivity index (χ1n) is 6.62. The summed E-state index contributed by atoms with van der Waals surface area (Å²) in [4.78, 5) is 17.3. The Morgan fingerprint density at radius 3 is 3.05 bits per heavy atom. The third-order valence-electron chi connectivity index (χ3n) is 2.92. The van der Waals surface area contributed by atoms with Gasteiger partial charge in [-0.15, -0.1) is 0 Å². The summed E-state index contributed by atoms with van der Waals surface area (Å²) in [5.41, 5.74) is 0.197. The number of anilines is 1. The Morgan fingerprint density at radius 1 is 1.58 bits per heavy atom. The molecule has 1 aromatic heterocycles. The highest BCUT2D eigenvalue weighted by Crippen LogP contribution is 2.28. The summed E-state index contributed by atoms with van der Waals surface area (Å²) in [6, 6.07) is 0.401. The molecule has 106 valence electrons. The fraction of sp³-hybridized carbons (Fsp3) is 0.692. The van der Waals surface area contributed by atoms with Gasteiger partial charge in [-0.25, -0.2) is 4.79 Å². The van der Waals surface area contributed by atoms with Crippen LogP contribution in [0.15, 0.2) is 10.7 Å². The maximum absolute atomic E-state index is 11.4. The van der Waals surface area contributed by atoms with Gasteiger partial charge in [-0.2, -0.15) is 4.98 Å². The van der Waals surface area contributed by atoms with Crippen molar-refractivity contribution in [3.8, 4) is 0 Å². The van der Waals surface area contributed by atoms with Gasteiger partial charge in [0.2, 0.25) is 0 Å². The van der Waals surface area contributed by atoms with Gasteiger partial charge in [-0.3, -0.25) is 0 Å². The predicted octanol–water partition coefficient (Wildman–Crippen LogP) is 1.71. The predicted molar refractivity (Wildman–Crippen MR) is 69.3 cm³/mol. The summed E-state index contributed by atoms with van der Waals surface area (Å²) >= 11 is 0. The lowest BCUT2D eigenvalue weighted by Gasteiger charge is -2.13. The van der Waals surface area contributed by atoms with Crippen LogP contribution < -0.4 is 4.90 Å². The lowest BCUT2D eigenvalue weighted by Crippen LogP contribution is -2.23. The molecule has 0 spiro atoms. The fourth-order valence-electron chi connectivity index (χ4n) is 1.57. The Hall–Kier alpha value is -1.56. The van der Waals surface area contributed by atoms with E-state index in [9.17, 15) is 4.79 Å². The van der Waals surface area contributed by atoms with Gasteiger partial charge >= 0.3 is 5.97 Å². The Morgan fingerprint density at radius 2 is 2.37 bits per heavy atom. The molecule has 6 heteroatoms. The van der Waals surface area contributed by atoms with Gasteiger partial charge in [0.15, 0.2) is 5.69 Å². The number of rotatable bonds is 8. The number of aromatic nitrogens is 1. The molecule has 1 heterocycles. The number of nitrogens with zero attached hydrogens (tertiary/aromatic N) is 2. The van der Waals surface area contributed by atoms with E-state index in [1.165, 1.54) is 19.1 Å². The van der Waals surface area contributed by atoms with Gasteiger partial charge in [0.25, 0.3) is 6.01 Å². The zero-order valence-corrected chi connectivity index (χ0v) is 11.4. The minimum atomic E-state index is -0.462. The number of hydrogen-bond acceptors (Lipinski definition) is 6. The monoisotopic (exact) mass is 268 g/mol. The van der Waals surface area contributed by atoms with Crippen molar-refractivity contribution < 1.29 is 18.7 Å². The summed E-state index contributed by atoms with van der Waals surface area (Å²) in [7, 11) is 1.85. The molecular weight excluding hydrogens is 248 g/mol. The van der Waals surface area contributed by atoms with Crippen LogP contribution in [0.1, 0.15) is 30.3 Å². The molecule has 0 aliphatic heterocycles. The first-order chi connectivity index (χ1) is 9.20. The van der Waals surface area contributed by atoms with Crippen molar-refractivity contribution in [3.63, 3.8) is 0 Å². The van der Waals surface area contributed by atoms with Crippen LogP contribution in [0.5, 0.6) is 0 Å². The Balaban J connectivity index is 1.74. The molecule has 0 bridgehead atoms. The van der Waals surface area contributed by atoms with Crippen molar-refractivity contribution in [2.45, 2.75) is 19.8 Å². The van der Waals surface area contributed by atoms with Crippen molar-refractivity contribution in [2.75, 3.05) is 38.3 Å². The van der Waals surface area contributed by atoms with E-state index in [2.05, 4.69) is 4.98 Å². The molecule has 0 radical (unpaired) electrons. The van der Waals surface area contributed by atoms with Crippen molar-refractivity contribution in [1.29, 1.82) is 0 Å². The van der Waals surface area contributed by atoms with E-state index in [0.29, 0.717) is 25.8 Å². The molecule has 0 unspecified atom stereocenters. The number of carbonyl (C=O) groups excluding carboxylic acids is 1. The largest absolute Gasteiger partial charge is 0.461 e. The van der Waals surface area contributed by atoms with Crippen molar-refractivity contribution in [1.82, 2.24) is 4.98 Å². The van der Waals surface area contributed by atoms with Crippen LogP contribution in [0.2, 0.25) is 0 Å². The van der Waals surface area contributed by atoms with Crippen LogP contribution in [-0.4, -0.2) is 44.4 Å². The van der Waals surface area contributed by atoms with Gasteiger partial charge in [0, 0.05) is 20.2 Å². The van der Waals surface area contributed by atoms with Gasteiger partial charge in [0.05, 0.1) is 13.2 Å². The van der Waals surface area contributed by atoms with Gasteiger partial charge in [0.1, 0.15) is 6.26 Å². The lowest BCUT2D eigenvalue weighted by atomic mass is 10.5. The number of ether oxygens (including phenoxy) is 2. The minimum absolute atomic E-state index is 0.197. The zero-order valence-electron chi connectivity index (χ0n) is 11.4. The Bertz CT molecular complexity index is 415. The highest BCUT2D eigenvalue weighted by Gasteiger charge is 2.21. The molecule has 1 aromatic rings. The Labute approximate surface area is 112 Å². The van der Waals surface area contributed by atoms with Crippen LogP contribution in [0.3, 0.4) is 0 Å². The van der Waals surface area contributed by atoms with Crippen LogP contribution in [0.4, 0.5) is 6.01 Å². The summed E-state index contributed by atoms with van der Waals surface area (Å²) in [5, 5.41) is 0. The second-order valence-corrected chi connectivity index (χ2v) is 4.68. The third-order valence-corrected chi connectivity index (χ3v) is 2.92. The maximum atomic E-state index is 11.4. The first-order valence-corrected chi connectivity index (χ1v) is 6.62. The van der Waals surface area contributed by atoms with E-state index in [4.69, 9.17) is 13.9 Å². The molecule has 0 amide bonds. The highest BCUT2D eigenvalue weighted by molar-refractivity contribution is 5.87. The molecule has 0 aromatic carbocycles. The molecule has 19 heavy (non-hydrogen) atoms. The molecular formula is C13H20N2O4. The zero-order chi connectivity index (χ0) is 13.7. The number of carbonyl (C=O) groups is 1. The van der Waals surface area contributed by atoms with Crippen LogP contribution in [0, 0.1) is 5.92 Å². The summed E-state index contributed by atoms with van der Waals surface area (Å²) in [6.07, 6.45) is 3.89. The van der Waals surface area contributed by atoms with Crippen LogP contribution >= 0.6 is 0 Å². The smallest absolute Gasteiger partial charge is 0.360 e. The highest BCUT2D eigenvalue weighted by atomic mass is 16.5. The van der Waals surface area contributed by atoms with E-state index < -0.39 is 5.97 Å². The molecule has 0 atom stereocenters. The second kappa shape index (κ2) is 6.56. The van der Waals surface area contributed by atoms with Crippen molar-refractivity contribution >= 4 is 12.0 Å².